The van der Waals surface area contributed by atoms with Gasteiger partial charge in [-0.15, -0.1) is 11.3 Å². The van der Waals surface area contributed by atoms with Crippen LogP contribution in [0.1, 0.15) is 22.8 Å². The van der Waals surface area contributed by atoms with E-state index < -0.39 is 10.0 Å². The summed E-state index contributed by atoms with van der Waals surface area (Å²) in [5, 5.41) is 5.83. The quantitative estimate of drug-likeness (QED) is 0.271. The molecule has 0 aliphatic heterocycles. The second kappa shape index (κ2) is 10.9. The average Bonchev–Trinajstić information content (AvgIpc) is 3.33. The van der Waals surface area contributed by atoms with Crippen LogP contribution in [-0.2, 0) is 16.6 Å². The highest BCUT2D eigenvalue weighted by Crippen LogP contribution is 2.30. The Kier molecular flexibility index (Phi) is 7.88. The van der Waals surface area contributed by atoms with Crippen molar-refractivity contribution in [1.29, 1.82) is 0 Å². The van der Waals surface area contributed by atoms with Crippen molar-refractivity contribution in [3.8, 4) is 11.3 Å². The topological polar surface area (TPSA) is 79.4 Å². The van der Waals surface area contributed by atoms with Crippen LogP contribution in [0.15, 0.2) is 83.1 Å². The maximum absolute atomic E-state index is 13.1. The van der Waals surface area contributed by atoms with Gasteiger partial charge in [0.15, 0.2) is 5.13 Å². The Morgan fingerprint density at radius 2 is 1.71 bits per heavy atom. The molecule has 0 unspecified atom stereocenters. The molecule has 0 saturated heterocycles. The molecule has 0 atom stereocenters. The van der Waals surface area contributed by atoms with Gasteiger partial charge in [-0.3, -0.25) is 10.1 Å². The van der Waals surface area contributed by atoms with Gasteiger partial charge < -0.3 is 0 Å². The molecular formula is C25H21Cl2N3O3S2. The lowest BCUT2D eigenvalue weighted by atomic mass is 10.2. The van der Waals surface area contributed by atoms with Crippen molar-refractivity contribution in [2.45, 2.75) is 18.4 Å². The lowest BCUT2D eigenvalue weighted by Crippen LogP contribution is -2.30. The molecule has 0 aliphatic rings. The Balaban J connectivity index is 1.46. The monoisotopic (exact) mass is 545 g/mol. The lowest BCUT2D eigenvalue weighted by molar-refractivity contribution is 0.102. The van der Waals surface area contributed by atoms with Gasteiger partial charge in [0.05, 0.1) is 20.6 Å². The van der Waals surface area contributed by atoms with Crippen LogP contribution in [0.2, 0.25) is 10.0 Å². The third-order valence-corrected chi connectivity index (χ3v) is 8.68. The predicted molar refractivity (Wildman–Crippen MR) is 142 cm³/mol. The van der Waals surface area contributed by atoms with E-state index in [-0.39, 0.29) is 17.3 Å². The largest absolute Gasteiger partial charge is 0.298 e. The number of nitrogens with zero attached hydrogens (tertiary/aromatic N) is 2. The molecule has 1 N–H and O–H groups in total. The number of hydrogen-bond donors (Lipinski definition) is 1. The molecule has 0 radical (unpaired) electrons. The fourth-order valence-electron chi connectivity index (χ4n) is 3.37. The highest BCUT2D eigenvalue weighted by Gasteiger charge is 2.23. The van der Waals surface area contributed by atoms with Gasteiger partial charge in [0.1, 0.15) is 0 Å². The van der Waals surface area contributed by atoms with E-state index in [1.807, 2.05) is 30.3 Å². The predicted octanol–water partition coefficient (Wildman–Crippen LogP) is 6.58. The zero-order chi connectivity index (χ0) is 25.0. The maximum Gasteiger partial charge on any atom is 0.257 e. The molecule has 4 rings (SSSR count). The minimum atomic E-state index is -3.71. The normalized spacial score (nSPS) is 11.5. The summed E-state index contributed by atoms with van der Waals surface area (Å²) in [6.45, 7) is 2.39. The number of nitrogens with one attached hydrogen (secondary N) is 1. The summed E-state index contributed by atoms with van der Waals surface area (Å²) in [6.07, 6.45) is 0. The van der Waals surface area contributed by atoms with Crippen molar-refractivity contribution in [3.05, 3.63) is 99.3 Å². The second-order valence-electron chi connectivity index (χ2n) is 7.56. The molecule has 1 aromatic heterocycles. The Morgan fingerprint density at radius 3 is 2.37 bits per heavy atom. The molecule has 0 saturated carbocycles. The van der Waals surface area contributed by atoms with Crippen LogP contribution in [0.3, 0.4) is 0 Å². The number of sulfonamides is 1. The number of aromatic nitrogens is 1. The van der Waals surface area contributed by atoms with Crippen molar-refractivity contribution in [3.63, 3.8) is 0 Å². The van der Waals surface area contributed by atoms with Gasteiger partial charge in [-0.05, 0) is 42.0 Å². The Morgan fingerprint density at radius 1 is 1.00 bits per heavy atom. The number of hydrogen-bond acceptors (Lipinski definition) is 5. The van der Waals surface area contributed by atoms with Crippen LogP contribution < -0.4 is 5.32 Å². The minimum absolute atomic E-state index is 0.128. The van der Waals surface area contributed by atoms with Crippen LogP contribution in [0.4, 0.5) is 5.13 Å². The maximum atomic E-state index is 13.1. The number of rotatable bonds is 8. The number of carbonyl (C=O) groups is 1. The van der Waals surface area contributed by atoms with Crippen molar-refractivity contribution in [1.82, 2.24) is 9.29 Å². The zero-order valence-electron chi connectivity index (χ0n) is 18.6. The van der Waals surface area contributed by atoms with E-state index in [0.717, 1.165) is 11.1 Å². The van der Waals surface area contributed by atoms with Crippen molar-refractivity contribution in [2.24, 2.45) is 0 Å². The van der Waals surface area contributed by atoms with E-state index in [1.165, 1.54) is 39.9 Å². The van der Waals surface area contributed by atoms with Gasteiger partial charge in [-0.25, -0.2) is 13.4 Å². The Labute approximate surface area is 218 Å². The third kappa shape index (κ3) is 5.91. The number of anilines is 1. The molecule has 0 aliphatic carbocycles. The van der Waals surface area contributed by atoms with Gasteiger partial charge >= 0.3 is 0 Å². The fourth-order valence-corrected chi connectivity index (χ4v) is 5.82. The van der Waals surface area contributed by atoms with E-state index in [2.05, 4.69) is 10.3 Å². The summed E-state index contributed by atoms with van der Waals surface area (Å²) >= 11 is 13.3. The summed E-state index contributed by atoms with van der Waals surface area (Å²) in [6, 6.07) is 20.5. The summed E-state index contributed by atoms with van der Waals surface area (Å²) in [7, 11) is -3.71. The van der Waals surface area contributed by atoms with Gasteiger partial charge in [0.25, 0.3) is 5.91 Å². The van der Waals surface area contributed by atoms with Gasteiger partial charge in [0.2, 0.25) is 10.0 Å². The first kappa shape index (κ1) is 25.3. The number of amides is 1. The first-order valence-corrected chi connectivity index (χ1v) is 13.7. The standard InChI is InChI=1S/C25H21Cl2N3O3S2/c1-2-30(15-17-6-4-3-5-7-17)35(32,33)20-11-8-18(9-12-20)24(31)29-25-28-23(16-34-25)19-10-13-21(26)22(27)14-19/h3-14,16H,2,15H2,1H3,(H,28,29,31). The summed E-state index contributed by atoms with van der Waals surface area (Å²) < 4.78 is 27.6. The highest BCUT2D eigenvalue weighted by atomic mass is 35.5. The molecule has 3 aromatic carbocycles. The van der Waals surface area contributed by atoms with E-state index in [1.54, 1.807) is 30.5 Å². The van der Waals surface area contributed by atoms with Crippen LogP contribution in [-0.4, -0.2) is 30.2 Å². The summed E-state index contributed by atoms with van der Waals surface area (Å²) in [5.74, 6) is -0.388. The minimum Gasteiger partial charge on any atom is -0.298 e. The zero-order valence-corrected chi connectivity index (χ0v) is 21.8. The van der Waals surface area contributed by atoms with E-state index >= 15 is 0 Å². The number of carbonyl (C=O) groups excluding carboxylic acids is 1. The molecule has 1 heterocycles. The first-order valence-electron chi connectivity index (χ1n) is 10.6. The third-order valence-electron chi connectivity index (χ3n) is 5.25. The van der Waals surface area contributed by atoms with Crippen molar-refractivity contribution < 1.29 is 13.2 Å². The molecule has 180 valence electrons. The van der Waals surface area contributed by atoms with E-state index in [9.17, 15) is 13.2 Å². The molecule has 4 aromatic rings. The van der Waals surface area contributed by atoms with Crippen LogP contribution >= 0.6 is 34.5 Å². The average molecular weight is 547 g/mol. The number of benzene rings is 3. The smallest absolute Gasteiger partial charge is 0.257 e. The molecule has 35 heavy (non-hydrogen) atoms. The molecule has 0 spiro atoms. The highest BCUT2D eigenvalue weighted by molar-refractivity contribution is 7.89. The van der Waals surface area contributed by atoms with Crippen LogP contribution in [0, 0.1) is 0 Å². The molecule has 1 amide bonds. The molecule has 0 bridgehead atoms. The lowest BCUT2D eigenvalue weighted by Gasteiger charge is -2.20. The van der Waals surface area contributed by atoms with E-state index in [4.69, 9.17) is 23.2 Å². The van der Waals surface area contributed by atoms with Gasteiger partial charge in [0, 0.05) is 29.6 Å². The number of halogens is 2. The summed E-state index contributed by atoms with van der Waals surface area (Å²) in [4.78, 5) is 17.3. The molecular weight excluding hydrogens is 525 g/mol. The van der Waals surface area contributed by atoms with E-state index in [0.29, 0.717) is 33.0 Å². The van der Waals surface area contributed by atoms with Crippen LogP contribution in [0.25, 0.3) is 11.3 Å². The SMILES string of the molecule is CCN(Cc1ccccc1)S(=O)(=O)c1ccc(C(=O)Nc2nc(-c3ccc(Cl)c(Cl)c3)cs2)cc1. The summed E-state index contributed by atoms with van der Waals surface area (Å²) in [5.41, 5.74) is 2.66. The number of thiazole rings is 1. The Bertz CT molecular complexity index is 1440. The second-order valence-corrected chi connectivity index (χ2v) is 11.2. The van der Waals surface area contributed by atoms with Crippen LogP contribution in [0.5, 0.6) is 0 Å². The Hall–Kier alpha value is -2.75. The molecule has 0 fully saturated rings. The van der Waals surface area contributed by atoms with Crippen molar-refractivity contribution >= 4 is 55.6 Å². The van der Waals surface area contributed by atoms with Gasteiger partial charge in [-0.1, -0.05) is 66.5 Å². The van der Waals surface area contributed by atoms with Gasteiger partial charge in [-0.2, -0.15) is 4.31 Å². The molecule has 10 heteroatoms. The van der Waals surface area contributed by atoms with Crippen molar-refractivity contribution in [2.75, 3.05) is 11.9 Å². The fraction of sp³-hybridized carbons (Fsp3) is 0.120. The first-order chi connectivity index (χ1) is 16.8. The molecule has 6 nitrogen and oxygen atoms in total.